The van der Waals surface area contributed by atoms with Gasteiger partial charge in [-0.2, -0.15) is 0 Å². The fraction of sp³-hybridized carbons (Fsp3) is 0.368. The topological polar surface area (TPSA) is 90.3 Å². The number of aromatic nitrogens is 2. The Morgan fingerprint density at radius 2 is 1.92 bits per heavy atom. The first-order valence-corrected chi connectivity index (χ1v) is 8.37. The van der Waals surface area contributed by atoms with Crippen LogP contribution in [0.5, 0.6) is 0 Å². The first-order chi connectivity index (χ1) is 12.1. The molecule has 0 radical (unpaired) electrons. The van der Waals surface area contributed by atoms with Crippen LogP contribution in [0.15, 0.2) is 30.6 Å². The Balaban J connectivity index is 1.66. The second-order valence-electron chi connectivity index (χ2n) is 6.17. The molecule has 2 aromatic rings. The molecule has 2 heterocycles. The minimum absolute atomic E-state index is 0.212. The van der Waals surface area contributed by atoms with Crippen LogP contribution in [0.2, 0.25) is 0 Å². The van der Waals surface area contributed by atoms with Crippen LogP contribution < -0.4 is 11.5 Å². The van der Waals surface area contributed by atoms with Crippen molar-refractivity contribution in [2.24, 2.45) is 5.73 Å². The summed E-state index contributed by atoms with van der Waals surface area (Å²) in [5, 5.41) is 0. The number of nitrogen functional groups attached to an aromatic ring is 1. The summed E-state index contributed by atoms with van der Waals surface area (Å²) in [6.45, 7) is 6.05. The fourth-order valence-electron chi connectivity index (χ4n) is 2.65. The molecule has 1 atom stereocenters. The zero-order chi connectivity index (χ0) is 17.6. The average Bonchev–Trinajstić information content (AvgIpc) is 2.64. The molecule has 1 unspecified atom stereocenters. The van der Waals surface area contributed by atoms with Crippen molar-refractivity contribution < 1.29 is 4.74 Å². The molecule has 3 rings (SSSR count). The van der Waals surface area contributed by atoms with Crippen LogP contribution in [0.4, 0.5) is 5.69 Å². The predicted molar refractivity (Wildman–Crippen MR) is 97.8 cm³/mol. The highest BCUT2D eigenvalue weighted by molar-refractivity contribution is 5.52. The van der Waals surface area contributed by atoms with E-state index in [1.54, 1.807) is 12.4 Å². The number of hydrogen-bond donors (Lipinski definition) is 2. The van der Waals surface area contributed by atoms with Crippen molar-refractivity contribution in [2.75, 3.05) is 38.6 Å². The highest BCUT2D eigenvalue weighted by Crippen LogP contribution is 2.12. The van der Waals surface area contributed by atoms with Crippen LogP contribution in [0.1, 0.15) is 28.6 Å². The van der Waals surface area contributed by atoms with E-state index in [-0.39, 0.29) is 6.04 Å². The van der Waals surface area contributed by atoms with Crippen LogP contribution in [0, 0.1) is 18.8 Å². The predicted octanol–water partition coefficient (Wildman–Crippen LogP) is 1.10. The van der Waals surface area contributed by atoms with Crippen molar-refractivity contribution in [3.63, 3.8) is 0 Å². The molecule has 1 saturated heterocycles. The zero-order valence-electron chi connectivity index (χ0n) is 14.4. The summed E-state index contributed by atoms with van der Waals surface area (Å²) in [6.07, 6.45) is 3.44. The van der Waals surface area contributed by atoms with E-state index < -0.39 is 0 Å². The summed E-state index contributed by atoms with van der Waals surface area (Å²) in [5.74, 6) is 6.84. The van der Waals surface area contributed by atoms with Crippen LogP contribution in [0.3, 0.4) is 0 Å². The summed E-state index contributed by atoms with van der Waals surface area (Å²) in [7, 11) is 0. The lowest BCUT2D eigenvalue weighted by Gasteiger charge is -2.28. The molecule has 130 valence electrons. The van der Waals surface area contributed by atoms with Gasteiger partial charge in [0.2, 0.25) is 0 Å². The maximum atomic E-state index is 6.22. The van der Waals surface area contributed by atoms with Gasteiger partial charge in [0, 0.05) is 43.3 Å². The van der Waals surface area contributed by atoms with Gasteiger partial charge in [-0.1, -0.05) is 17.9 Å². The molecule has 0 bridgehead atoms. The van der Waals surface area contributed by atoms with E-state index in [4.69, 9.17) is 16.2 Å². The first kappa shape index (κ1) is 17.4. The molecule has 4 N–H and O–H groups in total. The normalized spacial score (nSPS) is 16.1. The Kier molecular flexibility index (Phi) is 5.61. The number of morpholine rings is 1. The standard InChI is InChI=1S/C19H23N5O/c1-14-2-5-17(20)10-16(14)4-3-15-11-22-19(23-12-15)18(21)13-24-6-8-25-9-7-24/h2,5,10-12,18H,6-9,13,20-21H2,1H3. The van der Waals surface area contributed by atoms with Crippen LogP contribution in [-0.4, -0.2) is 47.7 Å². The summed E-state index contributed by atoms with van der Waals surface area (Å²) in [4.78, 5) is 11.0. The number of rotatable bonds is 3. The van der Waals surface area contributed by atoms with Gasteiger partial charge < -0.3 is 16.2 Å². The van der Waals surface area contributed by atoms with E-state index in [1.165, 1.54) is 0 Å². The highest BCUT2D eigenvalue weighted by atomic mass is 16.5. The second kappa shape index (κ2) is 8.08. The van der Waals surface area contributed by atoms with Crippen molar-refractivity contribution in [1.29, 1.82) is 0 Å². The summed E-state index contributed by atoms with van der Waals surface area (Å²) < 4.78 is 5.35. The number of hydrogen-bond acceptors (Lipinski definition) is 6. The van der Waals surface area contributed by atoms with Gasteiger partial charge in [0.05, 0.1) is 24.8 Å². The number of aryl methyl sites for hydroxylation is 1. The first-order valence-electron chi connectivity index (χ1n) is 8.37. The monoisotopic (exact) mass is 337 g/mol. The molecule has 1 aliphatic rings. The number of nitrogens with two attached hydrogens (primary N) is 2. The van der Waals surface area contributed by atoms with Crippen molar-refractivity contribution in [3.05, 3.63) is 53.1 Å². The molecule has 0 amide bonds. The van der Waals surface area contributed by atoms with Gasteiger partial charge >= 0.3 is 0 Å². The quantitative estimate of drug-likeness (QED) is 0.644. The summed E-state index contributed by atoms with van der Waals surface area (Å²) in [6, 6.07) is 5.49. The molecular formula is C19H23N5O. The van der Waals surface area contributed by atoms with Crippen LogP contribution in [0.25, 0.3) is 0 Å². The third kappa shape index (κ3) is 4.77. The molecular weight excluding hydrogens is 314 g/mol. The number of nitrogens with zero attached hydrogens (tertiary/aromatic N) is 3. The molecule has 1 aromatic carbocycles. The Labute approximate surface area is 148 Å². The van der Waals surface area contributed by atoms with Gasteiger partial charge in [-0.15, -0.1) is 0 Å². The third-order valence-electron chi connectivity index (χ3n) is 4.17. The zero-order valence-corrected chi connectivity index (χ0v) is 14.4. The van der Waals surface area contributed by atoms with E-state index in [2.05, 4.69) is 26.7 Å². The Morgan fingerprint density at radius 3 is 2.64 bits per heavy atom. The van der Waals surface area contributed by atoms with Crippen molar-refractivity contribution in [3.8, 4) is 11.8 Å². The van der Waals surface area contributed by atoms with Crippen LogP contribution >= 0.6 is 0 Å². The van der Waals surface area contributed by atoms with Crippen LogP contribution in [-0.2, 0) is 4.74 Å². The maximum absolute atomic E-state index is 6.22. The largest absolute Gasteiger partial charge is 0.399 e. The van der Waals surface area contributed by atoms with Gasteiger partial charge in [0.1, 0.15) is 5.82 Å². The summed E-state index contributed by atoms with van der Waals surface area (Å²) >= 11 is 0. The molecule has 0 aliphatic carbocycles. The Hall–Kier alpha value is -2.46. The average molecular weight is 337 g/mol. The minimum Gasteiger partial charge on any atom is -0.399 e. The Bertz CT molecular complexity index is 773. The fourth-order valence-corrected chi connectivity index (χ4v) is 2.65. The molecule has 6 heteroatoms. The van der Waals surface area contributed by atoms with Gasteiger partial charge in [-0.05, 0) is 24.6 Å². The molecule has 6 nitrogen and oxygen atoms in total. The van der Waals surface area contributed by atoms with E-state index in [0.29, 0.717) is 11.5 Å². The van der Waals surface area contributed by atoms with Gasteiger partial charge in [0.25, 0.3) is 0 Å². The van der Waals surface area contributed by atoms with Crippen molar-refractivity contribution >= 4 is 5.69 Å². The molecule has 25 heavy (non-hydrogen) atoms. The van der Waals surface area contributed by atoms with Crippen molar-refractivity contribution in [1.82, 2.24) is 14.9 Å². The number of ether oxygens (including phenoxy) is 1. The van der Waals surface area contributed by atoms with Gasteiger partial charge in [-0.3, -0.25) is 4.90 Å². The third-order valence-corrected chi connectivity index (χ3v) is 4.17. The smallest absolute Gasteiger partial charge is 0.146 e. The number of anilines is 1. The lowest BCUT2D eigenvalue weighted by Crippen LogP contribution is -2.40. The lowest BCUT2D eigenvalue weighted by molar-refractivity contribution is 0.0349. The highest BCUT2D eigenvalue weighted by Gasteiger charge is 2.16. The summed E-state index contributed by atoms with van der Waals surface area (Å²) in [5.41, 5.74) is 15.5. The Morgan fingerprint density at radius 1 is 1.20 bits per heavy atom. The van der Waals surface area contributed by atoms with Crippen molar-refractivity contribution in [2.45, 2.75) is 13.0 Å². The SMILES string of the molecule is Cc1ccc(N)cc1C#Cc1cnc(C(N)CN2CCOCC2)nc1. The molecule has 1 fully saturated rings. The van der Waals surface area contributed by atoms with E-state index in [1.807, 2.05) is 25.1 Å². The number of benzene rings is 1. The molecule has 1 aromatic heterocycles. The molecule has 0 saturated carbocycles. The maximum Gasteiger partial charge on any atom is 0.146 e. The van der Waals surface area contributed by atoms with Gasteiger partial charge in [-0.25, -0.2) is 9.97 Å². The van der Waals surface area contributed by atoms with E-state index in [0.717, 1.165) is 49.5 Å². The molecule has 1 aliphatic heterocycles. The molecule has 0 spiro atoms. The van der Waals surface area contributed by atoms with E-state index in [9.17, 15) is 0 Å². The lowest BCUT2D eigenvalue weighted by atomic mass is 10.1. The minimum atomic E-state index is -0.212. The van der Waals surface area contributed by atoms with E-state index >= 15 is 0 Å². The van der Waals surface area contributed by atoms with Gasteiger partial charge in [0.15, 0.2) is 0 Å². The second-order valence-corrected chi connectivity index (χ2v) is 6.17.